The number of esters is 1. The molecule has 1 amide bonds. The first-order valence-electron chi connectivity index (χ1n) is 16.0. The monoisotopic (exact) mass is 699 g/mol. The van der Waals surface area contributed by atoms with Crippen molar-refractivity contribution < 1.29 is 33.3 Å². The van der Waals surface area contributed by atoms with E-state index >= 15 is 0 Å². The SMILES string of the molecule is C=C/C=C(\C=C)CC(C)(C)CC(C(=O)N1CCOCC1)C(C)(C)SC(=S)SCCOC(C)(C)C(=O)[C@H](C)OC(=O)[C@@H](C)OC(C)C. The zero-order chi connectivity index (χ0) is 35.3. The van der Waals surface area contributed by atoms with Gasteiger partial charge in [0.05, 0.1) is 31.8 Å². The van der Waals surface area contributed by atoms with Gasteiger partial charge in [-0.05, 0) is 79.2 Å². The molecule has 3 atom stereocenters. The molecule has 1 saturated heterocycles. The Labute approximate surface area is 291 Å². The molecular formula is C35H57NO7S3. The van der Waals surface area contributed by atoms with E-state index in [1.165, 1.54) is 23.5 Å². The van der Waals surface area contributed by atoms with E-state index in [9.17, 15) is 14.4 Å². The molecule has 0 radical (unpaired) electrons. The molecule has 0 spiro atoms. The largest absolute Gasteiger partial charge is 0.453 e. The molecule has 0 saturated carbocycles. The van der Waals surface area contributed by atoms with Gasteiger partial charge in [-0.1, -0.05) is 57.5 Å². The van der Waals surface area contributed by atoms with Crippen LogP contribution >= 0.6 is 35.7 Å². The van der Waals surface area contributed by atoms with Crippen LogP contribution in [0.2, 0.25) is 0 Å². The number of ketones is 1. The first-order chi connectivity index (χ1) is 21.3. The van der Waals surface area contributed by atoms with Gasteiger partial charge in [0.2, 0.25) is 11.7 Å². The number of nitrogens with zero attached hydrogens (tertiary/aromatic N) is 1. The van der Waals surface area contributed by atoms with Crippen LogP contribution in [0.15, 0.2) is 37.0 Å². The minimum Gasteiger partial charge on any atom is -0.453 e. The average Bonchev–Trinajstić information content (AvgIpc) is 2.96. The Balaban J connectivity index is 2.86. The fourth-order valence-electron chi connectivity index (χ4n) is 5.25. The number of morpholine rings is 1. The zero-order valence-corrected chi connectivity index (χ0v) is 32.1. The van der Waals surface area contributed by atoms with Crippen molar-refractivity contribution in [3.05, 3.63) is 37.0 Å². The third-order valence-corrected chi connectivity index (χ3v) is 10.5. The van der Waals surface area contributed by atoms with Crippen LogP contribution in [0.5, 0.6) is 0 Å². The second kappa shape index (κ2) is 19.5. The number of rotatable bonds is 19. The van der Waals surface area contributed by atoms with Crippen LogP contribution in [0.4, 0.5) is 0 Å². The lowest BCUT2D eigenvalue weighted by Crippen LogP contribution is -2.49. The van der Waals surface area contributed by atoms with Crippen LogP contribution in [-0.2, 0) is 33.3 Å². The number of allylic oxidation sites excluding steroid dienone is 4. The maximum Gasteiger partial charge on any atom is 0.335 e. The number of Topliss-reactive ketones (excluding diaryl/α,β-unsaturated/α-hetero) is 1. The third-order valence-electron chi connectivity index (χ3n) is 7.67. The van der Waals surface area contributed by atoms with Gasteiger partial charge in [0.1, 0.15) is 9.13 Å². The molecule has 0 aromatic carbocycles. The van der Waals surface area contributed by atoms with Crippen LogP contribution in [0.3, 0.4) is 0 Å². The first kappa shape index (κ1) is 42.5. The van der Waals surface area contributed by atoms with Gasteiger partial charge in [0.15, 0.2) is 12.2 Å². The minimum atomic E-state index is -1.16. The lowest BCUT2D eigenvalue weighted by molar-refractivity contribution is -0.171. The fraction of sp³-hybridized carbons (Fsp3) is 0.714. The van der Waals surface area contributed by atoms with E-state index in [1.807, 2.05) is 30.9 Å². The molecule has 1 rings (SSSR count). The zero-order valence-electron chi connectivity index (χ0n) is 29.6. The number of hydrogen-bond acceptors (Lipinski definition) is 10. The number of carbonyl (C=O) groups excluding carboxylic acids is 3. The predicted octanol–water partition coefficient (Wildman–Crippen LogP) is 7.21. The third kappa shape index (κ3) is 14.7. The lowest BCUT2D eigenvalue weighted by Gasteiger charge is -2.41. The first-order valence-corrected chi connectivity index (χ1v) is 18.2. The maximum atomic E-state index is 14.0. The summed E-state index contributed by atoms with van der Waals surface area (Å²) < 4.78 is 22.5. The molecule has 0 bridgehead atoms. The summed E-state index contributed by atoms with van der Waals surface area (Å²) in [5, 5.41) is 0. The van der Waals surface area contributed by atoms with Crippen molar-refractivity contribution in [2.24, 2.45) is 11.3 Å². The number of ether oxygens (including phenoxy) is 4. The highest BCUT2D eigenvalue weighted by molar-refractivity contribution is 8.47. The van der Waals surface area contributed by atoms with Crippen molar-refractivity contribution in [3.8, 4) is 0 Å². The number of amides is 1. The summed E-state index contributed by atoms with van der Waals surface area (Å²) >= 11 is 8.79. The van der Waals surface area contributed by atoms with Gasteiger partial charge in [-0.25, -0.2) is 4.79 Å². The van der Waals surface area contributed by atoms with Gasteiger partial charge in [-0.2, -0.15) is 0 Å². The second-order valence-corrected chi connectivity index (χ2v) is 17.6. The van der Waals surface area contributed by atoms with E-state index in [0.717, 1.165) is 12.0 Å². The van der Waals surface area contributed by atoms with E-state index in [4.69, 9.17) is 31.2 Å². The molecule has 0 aromatic rings. The topological polar surface area (TPSA) is 91.4 Å². The number of thiocarbonyl (C=S) groups is 1. The maximum absolute atomic E-state index is 14.0. The minimum absolute atomic E-state index is 0.123. The highest BCUT2D eigenvalue weighted by Crippen LogP contribution is 2.44. The van der Waals surface area contributed by atoms with Gasteiger partial charge in [0.25, 0.3) is 0 Å². The van der Waals surface area contributed by atoms with Crippen LogP contribution in [0.1, 0.15) is 82.1 Å². The predicted molar refractivity (Wildman–Crippen MR) is 195 cm³/mol. The highest BCUT2D eigenvalue weighted by atomic mass is 32.2. The van der Waals surface area contributed by atoms with E-state index in [1.54, 1.807) is 33.8 Å². The Hall–Kier alpha value is -1.50. The van der Waals surface area contributed by atoms with Crippen LogP contribution in [0, 0.1) is 11.3 Å². The van der Waals surface area contributed by atoms with Gasteiger partial charge in [-0.15, -0.1) is 23.5 Å². The number of thioether (sulfide) groups is 2. The number of hydrogen-bond donors (Lipinski definition) is 0. The molecular weight excluding hydrogens is 643 g/mol. The summed E-state index contributed by atoms with van der Waals surface area (Å²) in [7, 11) is 0. The van der Waals surface area contributed by atoms with E-state index in [2.05, 4.69) is 40.9 Å². The Bertz CT molecular complexity index is 1090. The van der Waals surface area contributed by atoms with Crippen LogP contribution in [0.25, 0.3) is 0 Å². The summed E-state index contributed by atoms with van der Waals surface area (Å²) in [5.74, 6) is -0.568. The van der Waals surface area contributed by atoms with Crippen molar-refractivity contribution in [2.75, 3.05) is 38.7 Å². The standard InChI is InChI=1S/C35H57NO7S3/c1-13-15-27(14-2)22-33(7,8)23-28(30(38)36-16-18-40-19-17-36)35(11,12)46-32(44)45-21-20-41-34(9,10)29(37)25(5)43-31(39)26(6)42-24(3)4/h13-15,24-26,28H,1-2,16-23H2,3-12H3/b27-15+/t25-,26+,28?/m0/s1. The van der Waals surface area contributed by atoms with Crippen LogP contribution in [-0.4, -0.2) is 93.4 Å². The van der Waals surface area contributed by atoms with E-state index in [-0.39, 0.29) is 35.7 Å². The molecule has 1 aliphatic rings. The average molecular weight is 700 g/mol. The quantitative estimate of drug-likeness (QED) is 0.0597. The van der Waals surface area contributed by atoms with Gasteiger partial charge in [0, 0.05) is 23.6 Å². The molecule has 262 valence electrons. The van der Waals surface area contributed by atoms with Crippen LogP contribution < -0.4 is 0 Å². The fourth-order valence-corrected chi connectivity index (χ4v) is 8.36. The Morgan fingerprint density at radius 2 is 1.61 bits per heavy atom. The molecule has 46 heavy (non-hydrogen) atoms. The van der Waals surface area contributed by atoms with Crippen molar-refractivity contribution in [1.29, 1.82) is 0 Å². The van der Waals surface area contributed by atoms with Gasteiger partial charge in [-0.3, -0.25) is 9.59 Å². The van der Waals surface area contributed by atoms with E-state index < -0.39 is 28.5 Å². The summed E-state index contributed by atoms with van der Waals surface area (Å²) in [6.07, 6.45) is 5.12. The van der Waals surface area contributed by atoms with Crippen molar-refractivity contribution >= 4 is 56.9 Å². The van der Waals surface area contributed by atoms with Gasteiger partial charge >= 0.3 is 5.97 Å². The second-order valence-electron chi connectivity index (χ2n) is 13.6. The molecule has 1 aliphatic heterocycles. The molecule has 1 unspecified atom stereocenters. The molecule has 11 heteroatoms. The van der Waals surface area contributed by atoms with Crippen molar-refractivity contribution in [1.82, 2.24) is 4.90 Å². The Morgan fingerprint density at radius 3 is 2.15 bits per heavy atom. The normalized spacial score (nSPS) is 16.8. The van der Waals surface area contributed by atoms with Gasteiger partial charge < -0.3 is 23.8 Å². The smallest absolute Gasteiger partial charge is 0.335 e. The van der Waals surface area contributed by atoms with Crippen molar-refractivity contribution in [3.63, 3.8) is 0 Å². The Morgan fingerprint density at radius 1 is 1.00 bits per heavy atom. The van der Waals surface area contributed by atoms with E-state index in [0.29, 0.717) is 42.0 Å². The molecule has 0 aliphatic carbocycles. The Kier molecular flexibility index (Phi) is 18.0. The summed E-state index contributed by atoms with van der Waals surface area (Å²) in [4.78, 5) is 41.3. The number of carbonyl (C=O) groups is 3. The molecule has 1 heterocycles. The summed E-state index contributed by atoms with van der Waals surface area (Å²) in [5.41, 5.74) is -0.265. The molecule has 0 N–H and O–H groups in total. The molecule has 1 fully saturated rings. The highest BCUT2D eigenvalue weighted by Gasteiger charge is 2.42. The summed E-state index contributed by atoms with van der Waals surface area (Å²) in [6, 6.07) is 0. The summed E-state index contributed by atoms with van der Waals surface area (Å²) in [6.45, 7) is 29.0. The van der Waals surface area contributed by atoms with Crippen molar-refractivity contribution in [2.45, 2.75) is 111 Å². The molecule has 0 aromatic heterocycles. The molecule has 8 nitrogen and oxygen atoms in total. The lowest BCUT2D eigenvalue weighted by atomic mass is 9.74.